The van der Waals surface area contributed by atoms with Crippen LogP contribution in [0.4, 0.5) is 13.2 Å². The first kappa shape index (κ1) is 9.57. The van der Waals surface area contributed by atoms with Gasteiger partial charge in [0.05, 0.1) is 5.56 Å². The summed E-state index contributed by atoms with van der Waals surface area (Å²) in [5.74, 6) is -3.15. The van der Waals surface area contributed by atoms with Crippen molar-refractivity contribution in [2.75, 3.05) is 0 Å². The minimum Gasteiger partial charge on any atom is -0.463 e. The number of rotatable bonds is 3. The number of halogens is 3. The van der Waals surface area contributed by atoms with Crippen molar-refractivity contribution in [3.8, 4) is 0 Å². The molecule has 0 fully saturated rings. The van der Waals surface area contributed by atoms with Gasteiger partial charge in [0.1, 0.15) is 24.1 Å². The second-order valence-electron chi connectivity index (χ2n) is 2.26. The summed E-state index contributed by atoms with van der Waals surface area (Å²) in [7, 11) is 0. The van der Waals surface area contributed by atoms with E-state index in [0.29, 0.717) is 12.1 Å². The van der Waals surface area contributed by atoms with Crippen LogP contribution in [0.25, 0.3) is 0 Å². The number of hydrogen-bond donors (Lipinski definition) is 0. The molecule has 0 unspecified atom stereocenters. The van der Waals surface area contributed by atoms with Gasteiger partial charge in [0.25, 0.3) is 6.47 Å². The van der Waals surface area contributed by atoms with Gasteiger partial charge in [-0.05, 0) is 0 Å². The fourth-order valence-corrected chi connectivity index (χ4v) is 0.827. The van der Waals surface area contributed by atoms with Crippen molar-refractivity contribution in [2.24, 2.45) is 0 Å². The quantitative estimate of drug-likeness (QED) is 0.679. The first-order valence-corrected chi connectivity index (χ1v) is 3.34. The van der Waals surface area contributed by atoms with Gasteiger partial charge in [-0.25, -0.2) is 13.2 Å². The van der Waals surface area contributed by atoms with Gasteiger partial charge in [0.15, 0.2) is 0 Å². The van der Waals surface area contributed by atoms with Gasteiger partial charge in [0, 0.05) is 12.1 Å². The molecule has 0 aliphatic heterocycles. The van der Waals surface area contributed by atoms with E-state index >= 15 is 0 Å². The molecular formula is C8H5F3O2. The summed E-state index contributed by atoms with van der Waals surface area (Å²) in [6, 6.07) is 1.04. The van der Waals surface area contributed by atoms with Gasteiger partial charge in [0.2, 0.25) is 0 Å². The highest BCUT2D eigenvalue weighted by atomic mass is 19.1. The topological polar surface area (TPSA) is 26.3 Å². The molecule has 1 rings (SSSR count). The lowest BCUT2D eigenvalue weighted by molar-refractivity contribution is -0.129. The molecule has 0 saturated heterocycles. The molecule has 2 nitrogen and oxygen atoms in total. The van der Waals surface area contributed by atoms with Crippen LogP contribution >= 0.6 is 0 Å². The number of hydrogen-bond acceptors (Lipinski definition) is 2. The Labute approximate surface area is 71.9 Å². The molecular weight excluding hydrogens is 185 g/mol. The summed E-state index contributed by atoms with van der Waals surface area (Å²) >= 11 is 0. The highest BCUT2D eigenvalue weighted by Gasteiger charge is 2.11. The molecule has 70 valence electrons. The van der Waals surface area contributed by atoms with Crippen LogP contribution in [0.5, 0.6) is 0 Å². The van der Waals surface area contributed by atoms with Crippen LogP contribution in [0.15, 0.2) is 12.1 Å². The van der Waals surface area contributed by atoms with Gasteiger partial charge in [-0.2, -0.15) is 0 Å². The molecule has 0 heterocycles. The molecule has 0 spiro atoms. The Bertz CT molecular complexity index is 302. The molecule has 13 heavy (non-hydrogen) atoms. The third-order valence-electron chi connectivity index (χ3n) is 1.40. The monoisotopic (exact) mass is 190 g/mol. The summed E-state index contributed by atoms with van der Waals surface area (Å²) in [4.78, 5) is 9.73. The average molecular weight is 190 g/mol. The summed E-state index contributed by atoms with van der Waals surface area (Å²) in [6.07, 6.45) is 0. The van der Waals surface area contributed by atoms with E-state index in [1.807, 2.05) is 0 Å². The van der Waals surface area contributed by atoms with E-state index in [1.165, 1.54) is 0 Å². The maximum atomic E-state index is 12.8. The second-order valence-corrected chi connectivity index (χ2v) is 2.26. The molecule has 0 aromatic heterocycles. The smallest absolute Gasteiger partial charge is 0.293 e. The van der Waals surface area contributed by atoms with Crippen LogP contribution in [0.1, 0.15) is 5.56 Å². The van der Waals surface area contributed by atoms with Crippen LogP contribution in [-0.4, -0.2) is 6.47 Å². The number of benzene rings is 1. The third kappa shape index (κ3) is 2.21. The van der Waals surface area contributed by atoms with Gasteiger partial charge >= 0.3 is 0 Å². The van der Waals surface area contributed by atoms with E-state index < -0.39 is 29.6 Å². The van der Waals surface area contributed by atoms with Gasteiger partial charge in [-0.15, -0.1) is 0 Å². The lowest BCUT2D eigenvalue weighted by Crippen LogP contribution is -1.99. The van der Waals surface area contributed by atoms with E-state index in [9.17, 15) is 18.0 Å². The normalized spacial score (nSPS) is 9.77. The van der Waals surface area contributed by atoms with Crippen molar-refractivity contribution in [3.05, 3.63) is 35.1 Å². The first-order valence-electron chi connectivity index (χ1n) is 3.34. The summed E-state index contributed by atoms with van der Waals surface area (Å²) in [5, 5.41) is 0. The highest BCUT2D eigenvalue weighted by molar-refractivity contribution is 5.37. The molecule has 1 aromatic rings. The van der Waals surface area contributed by atoms with Gasteiger partial charge in [-0.3, -0.25) is 4.79 Å². The predicted octanol–water partition coefficient (Wildman–Crippen LogP) is 1.78. The lowest BCUT2D eigenvalue weighted by Gasteiger charge is -2.02. The van der Waals surface area contributed by atoms with E-state index in [4.69, 9.17) is 0 Å². The maximum absolute atomic E-state index is 12.8. The molecule has 0 aliphatic carbocycles. The van der Waals surface area contributed by atoms with E-state index in [-0.39, 0.29) is 6.47 Å². The Morgan fingerprint density at radius 3 is 2.23 bits per heavy atom. The largest absolute Gasteiger partial charge is 0.463 e. The molecule has 0 amide bonds. The van der Waals surface area contributed by atoms with E-state index in [2.05, 4.69) is 4.74 Å². The number of carbonyl (C=O) groups is 1. The summed E-state index contributed by atoms with van der Waals surface area (Å²) in [6.45, 7) is -0.482. The average Bonchev–Trinajstić information content (AvgIpc) is 2.02. The number of ether oxygens (including phenoxy) is 1. The Balaban J connectivity index is 2.98. The molecule has 0 bridgehead atoms. The van der Waals surface area contributed by atoms with Crippen molar-refractivity contribution < 1.29 is 22.7 Å². The Morgan fingerprint density at radius 2 is 1.77 bits per heavy atom. The zero-order valence-electron chi connectivity index (χ0n) is 6.39. The predicted molar refractivity (Wildman–Crippen MR) is 37.2 cm³/mol. The second kappa shape index (κ2) is 3.93. The fourth-order valence-electron chi connectivity index (χ4n) is 0.827. The van der Waals surface area contributed by atoms with Crippen LogP contribution in [0.2, 0.25) is 0 Å². The zero-order chi connectivity index (χ0) is 9.84. The van der Waals surface area contributed by atoms with Crippen LogP contribution in [0, 0.1) is 17.5 Å². The van der Waals surface area contributed by atoms with Crippen LogP contribution in [-0.2, 0) is 16.1 Å². The number of carbonyl (C=O) groups excluding carboxylic acids is 1. The highest BCUT2D eigenvalue weighted by Crippen LogP contribution is 2.15. The van der Waals surface area contributed by atoms with Crippen LogP contribution < -0.4 is 0 Å². The summed E-state index contributed by atoms with van der Waals surface area (Å²) in [5.41, 5.74) is -0.464. The maximum Gasteiger partial charge on any atom is 0.293 e. The fraction of sp³-hybridized carbons (Fsp3) is 0.125. The van der Waals surface area contributed by atoms with Crippen molar-refractivity contribution in [1.29, 1.82) is 0 Å². The molecule has 0 N–H and O–H groups in total. The SMILES string of the molecule is O=COCc1c(F)cc(F)cc1F. The Hall–Kier alpha value is -1.52. The first-order chi connectivity index (χ1) is 6.15. The molecule has 0 atom stereocenters. The molecule has 0 radical (unpaired) electrons. The van der Waals surface area contributed by atoms with E-state index in [1.54, 1.807) is 0 Å². The molecule has 0 saturated carbocycles. The molecule has 5 heteroatoms. The zero-order valence-corrected chi connectivity index (χ0v) is 6.39. The van der Waals surface area contributed by atoms with E-state index in [0.717, 1.165) is 0 Å². The standard InChI is InChI=1S/C8H5F3O2/c9-5-1-7(10)6(3-13-4-12)8(11)2-5/h1-2,4H,3H2. The van der Waals surface area contributed by atoms with Crippen molar-refractivity contribution >= 4 is 6.47 Å². The third-order valence-corrected chi connectivity index (χ3v) is 1.40. The Morgan fingerprint density at radius 1 is 1.23 bits per heavy atom. The molecule has 1 aromatic carbocycles. The minimum atomic E-state index is -1.07. The van der Waals surface area contributed by atoms with Crippen molar-refractivity contribution in [2.45, 2.75) is 6.61 Å². The summed E-state index contributed by atoms with van der Waals surface area (Å²) < 4.78 is 42.0. The van der Waals surface area contributed by atoms with Crippen LogP contribution in [0.3, 0.4) is 0 Å². The Kier molecular flexibility index (Phi) is 2.89. The minimum absolute atomic E-state index is 0.0578. The lowest BCUT2D eigenvalue weighted by atomic mass is 10.2. The van der Waals surface area contributed by atoms with Gasteiger partial charge in [-0.1, -0.05) is 0 Å². The van der Waals surface area contributed by atoms with Crippen molar-refractivity contribution in [1.82, 2.24) is 0 Å². The molecule has 0 aliphatic rings. The van der Waals surface area contributed by atoms with Gasteiger partial charge < -0.3 is 4.74 Å². The van der Waals surface area contributed by atoms with Crippen molar-refractivity contribution in [3.63, 3.8) is 0 Å².